The van der Waals surface area contributed by atoms with Crippen molar-refractivity contribution < 1.29 is 19.4 Å². The molecule has 2 rings (SSSR count). The fraction of sp³-hybridized carbons (Fsp3) is 0.375. The lowest BCUT2D eigenvalue weighted by Crippen LogP contribution is -2.22. The Kier molecular flexibility index (Phi) is 8.27. The molecule has 2 atom stereocenters. The van der Waals surface area contributed by atoms with Gasteiger partial charge in [-0.05, 0) is 42.0 Å². The first kappa shape index (κ1) is 21.7. The van der Waals surface area contributed by atoms with Crippen molar-refractivity contribution in [3.63, 3.8) is 0 Å². The SMILES string of the molecule is CCOC(CC(C)c1cccc(C(C)C)c1)OC(=O)C=Cc1ccccc1O. The van der Waals surface area contributed by atoms with E-state index in [1.54, 1.807) is 24.3 Å². The van der Waals surface area contributed by atoms with Crippen molar-refractivity contribution in [3.8, 4) is 5.75 Å². The first-order valence-electron chi connectivity index (χ1n) is 9.78. The molecule has 0 radical (unpaired) electrons. The van der Waals surface area contributed by atoms with Gasteiger partial charge in [0, 0.05) is 24.7 Å². The summed E-state index contributed by atoms with van der Waals surface area (Å²) in [6, 6.07) is 15.3. The number of aromatic hydroxyl groups is 1. The van der Waals surface area contributed by atoms with Gasteiger partial charge in [0.2, 0.25) is 6.29 Å². The summed E-state index contributed by atoms with van der Waals surface area (Å²) in [6.45, 7) is 8.79. The van der Waals surface area contributed by atoms with Crippen LogP contribution in [0.2, 0.25) is 0 Å². The number of carbonyl (C=O) groups is 1. The number of ether oxygens (including phenoxy) is 2. The quantitative estimate of drug-likeness (QED) is 0.347. The molecule has 0 aliphatic rings. The van der Waals surface area contributed by atoms with E-state index in [1.165, 1.54) is 23.3 Å². The van der Waals surface area contributed by atoms with Gasteiger partial charge in [0.25, 0.3) is 0 Å². The molecule has 2 unspecified atom stereocenters. The lowest BCUT2D eigenvalue weighted by molar-refractivity contribution is -0.174. The minimum absolute atomic E-state index is 0.117. The van der Waals surface area contributed by atoms with Crippen molar-refractivity contribution in [3.05, 3.63) is 71.3 Å². The average Bonchev–Trinajstić information content (AvgIpc) is 2.67. The second-order valence-electron chi connectivity index (χ2n) is 7.18. The van der Waals surface area contributed by atoms with Crippen molar-refractivity contribution in [1.29, 1.82) is 0 Å². The molecule has 2 aromatic carbocycles. The monoisotopic (exact) mass is 382 g/mol. The predicted octanol–water partition coefficient (Wildman–Crippen LogP) is 5.63. The van der Waals surface area contributed by atoms with Gasteiger partial charge < -0.3 is 14.6 Å². The number of esters is 1. The maximum absolute atomic E-state index is 12.2. The number of phenolic OH excluding ortho intramolecular Hbond substituents is 1. The molecule has 0 fully saturated rings. The van der Waals surface area contributed by atoms with Crippen LogP contribution in [0.3, 0.4) is 0 Å². The van der Waals surface area contributed by atoms with E-state index < -0.39 is 12.3 Å². The third kappa shape index (κ3) is 6.54. The molecular weight excluding hydrogens is 352 g/mol. The van der Waals surface area contributed by atoms with Gasteiger partial charge in [-0.2, -0.15) is 0 Å². The van der Waals surface area contributed by atoms with Crippen LogP contribution in [0.1, 0.15) is 62.6 Å². The van der Waals surface area contributed by atoms with Gasteiger partial charge in [0.15, 0.2) is 0 Å². The van der Waals surface area contributed by atoms with Crippen LogP contribution in [0.15, 0.2) is 54.6 Å². The lowest BCUT2D eigenvalue weighted by Gasteiger charge is -2.21. The Hall–Kier alpha value is -2.59. The highest BCUT2D eigenvalue weighted by molar-refractivity contribution is 5.87. The van der Waals surface area contributed by atoms with Gasteiger partial charge in [-0.25, -0.2) is 4.79 Å². The Bertz CT molecular complexity index is 795. The molecule has 0 spiro atoms. The van der Waals surface area contributed by atoms with E-state index in [0.29, 0.717) is 24.5 Å². The van der Waals surface area contributed by atoms with Crippen LogP contribution in [-0.4, -0.2) is 24.0 Å². The zero-order valence-electron chi connectivity index (χ0n) is 17.1. The highest BCUT2D eigenvalue weighted by Gasteiger charge is 2.18. The Labute approximate surface area is 167 Å². The lowest BCUT2D eigenvalue weighted by atomic mass is 9.93. The Balaban J connectivity index is 2.01. The molecule has 0 saturated carbocycles. The Morgan fingerprint density at radius 3 is 2.46 bits per heavy atom. The molecule has 0 aliphatic carbocycles. The number of hydrogen-bond acceptors (Lipinski definition) is 4. The van der Waals surface area contributed by atoms with Crippen LogP contribution in [0, 0.1) is 0 Å². The zero-order chi connectivity index (χ0) is 20.5. The van der Waals surface area contributed by atoms with Crippen LogP contribution in [-0.2, 0) is 14.3 Å². The summed E-state index contributed by atoms with van der Waals surface area (Å²) in [4.78, 5) is 12.2. The maximum atomic E-state index is 12.2. The summed E-state index contributed by atoms with van der Waals surface area (Å²) in [5.41, 5.74) is 3.06. The van der Waals surface area contributed by atoms with Crippen molar-refractivity contribution in [2.75, 3.05) is 6.61 Å². The van der Waals surface area contributed by atoms with E-state index in [1.807, 2.05) is 6.92 Å². The molecule has 0 saturated heterocycles. The Morgan fingerprint density at radius 2 is 1.79 bits per heavy atom. The third-order valence-electron chi connectivity index (χ3n) is 4.63. The van der Waals surface area contributed by atoms with E-state index in [-0.39, 0.29) is 11.7 Å². The molecule has 4 nitrogen and oxygen atoms in total. The van der Waals surface area contributed by atoms with Gasteiger partial charge in [0.05, 0.1) is 0 Å². The fourth-order valence-electron chi connectivity index (χ4n) is 2.94. The van der Waals surface area contributed by atoms with Crippen molar-refractivity contribution >= 4 is 12.0 Å². The summed E-state index contributed by atoms with van der Waals surface area (Å²) < 4.78 is 11.1. The van der Waals surface area contributed by atoms with E-state index in [0.717, 1.165) is 0 Å². The van der Waals surface area contributed by atoms with Crippen molar-refractivity contribution in [2.45, 2.75) is 52.2 Å². The predicted molar refractivity (Wildman–Crippen MR) is 112 cm³/mol. The number of phenols is 1. The molecule has 4 heteroatoms. The number of hydrogen-bond donors (Lipinski definition) is 1. The van der Waals surface area contributed by atoms with E-state index in [4.69, 9.17) is 9.47 Å². The van der Waals surface area contributed by atoms with Crippen LogP contribution >= 0.6 is 0 Å². The van der Waals surface area contributed by atoms with Crippen molar-refractivity contribution in [1.82, 2.24) is 0 Å². The van der Waals surface area contributed by atoms with Gasteiger partial charge in [-0.1, -0.05) is 63.2 Å². The molecular formula is C24H30O4. The summed E-state index contributed by atoms with van der Waals surface area (Å²) in [7, 11) is 0. The summed E-state index contributed by atoms with van der Waals surface area (Å²) in [5, 5.41) is 9.77. The van der Waals surface area contributed by atoms with Crippen LogP contribution in [0.5, 0.6) is 5.75 Å². The van der Waals surface area contributed by atoms with Crippen LogP contribution < -0.4 is 0 Å². The highest BCUT2D eigenvalue weighted by Crippen LogP contribution is 2.26. The molecule has 0 heterocycles. The van der Waals surface area contributed by atoms with E-state index in [2.05, 4.69) is 45.0 Å². The third-order valence-corrected chi connectivity index (χ3v) is 4.63. The molecule has 1 N–H and O–H groups in total. The first-order valence-corrected chi connectivity index (χ1v) is 9.78. The van der Waals surface area contributed by atoms with Crippen LogP contribution in [0.25, 0.3) is 6.08 Å². The molecule has 0 amide bonds. The van der Waals surface area contributed by atoms with Gasteiger partial charge in [0.1, 0.15) is 5.75 Å². The van der Waals surface area contributed by atoms with Gasteiger partial charge >= 0.3 is 5.97 Å². The van der Waals surface area contributed by atoms with Crippen molar-refractivity contribution in [2.24, 2.45) is 0 Å². The molecule has 150 valence electrons. The minimum Gasteiger partial charge on any atom is -0.507 e. The summed E-state index contributed by atoms with van der Waals surface area (Å²) in [5.74, 6) is 0.272. The summed E-state index contributed by atoms with van der Waals surface area (Å²) in [6.07, 6.45) is 2.80. The van der Waals surface area contributed by atoms with E-state index >= 15 is 0 Å². The standard InChI is InChI=1S/C24H30O4/c1-5-27-24(15-18(4)21-11-8-10-20(16-21)17(2)3)28-23(26)14-13-19-9-6-7-12-22(19)25/h6-14,16-18,24-25H,5,15H2,1-4H3. The number of para-hydroxylation sites is 1. The van der Waals surface area contributed by atoms with Crippen LogP contribution in [0.4, 0.5) is 0 Å². The summed E-state index contributed by atoms with van der Waals surface area (Å²) >= 11 is 0. The average molecular weight is 383 g/mol. The minimum atomic E-state index is -0.621. The molecule has 0 aromatic heterocycles. The normalized spacial score (nSPS) is 13.6. The zero-order valence-corrected chi connectivity index (χ0v) is 17.1. The maximum Gasteiger partial charge on any atom is 0.333 e. The van der Waals surface area contributed by atoms with Gasteiger partial charge in [-0.3, -0.25) is 0 Å². The number of benzene rings is 2. The molecule has 2 aromatic rings. The van der Waals surface area contributed by atoms with Gasteiger partial charge in [-0.15, -0.1) is 0 Å². The first-order chi connectivity index (χ1) is 13.4. The molecule has 0 aliphatic heterocycles. The fourth-order valence-corrected chi connectivity index (χ4v) is 2.94. The second kappa shape index (κ2) is 10.7. The highest BCUT2D eigenvalue weighted by atomic mass is 16.7. The van der Waals surface area contributed by atoms with E-state index in [9.17, 15) is 9.90 Å². The number of rotatable bonds is 9. The Morgan fingerprint density at radius 1 is 1.07 bits per heavy atom. The smallest absolute Gasteiger partial charge is 0.333 e. The molecule has 0 bridgehead atoms. The largest absolute Gasteiger partial charge is 0.507 e. The number of carbonyl (C=O) groups excluding carboxylic acids is 1. The molecule has 28 heavy (non-hydrogen) atoms. The second-order valence-corrected chi connectivity index (χ2v) is 7.18. The topological polar surface area (TPSA) is 55.8 Å².